The molecule has 0 spiro atoms. The number of amides is 2. The van der Waals surface area contributed by atoms with Gasteiger partial charge in [0, 0.05) is 30.8 Å². The number of esters is 1. The van der Waals surface area contributed by atoms with Gasteiger partial charge in [-0.15, -0.1) is 0 Å². The molecule has 0 bridgehead atoms. The first-order valence-corrected chi connectivity index (χ1v) is 11.1. The molecule has 2 fully saturated rings. The summed E-state index contributed by atoms with van der Waals surface area (Å²) in [6.45, 7) is 0.539. The molecule has 2 aliphatic heterocycles. The minimum Gasteiger partial charge on any atom is -0.459 e. The lowest BCUT2D eigenvalue weighted by molar-refractivity contribution is -0.150. The van der Waals surface area contributed by atoms with E-state index in [0.717, 1.165) is 29.8 Å². The number of carbonyl (C=O) groups is 3. The van der Waals surface area contributed by atoms with Gasteiger partial charge in [-0.3, -0.25) is 9.69 Å². The van der Waals surface area contributed by atoms with Crippen molar-refractivity contribution in [1.29, 1.82) is 0 Å². The highest BCUT2D eigenvalue weighted by molar-refractivity contribution is 5.92. The van der Waals surface area contributed by atoms with Gasteiger partial charge >= 0.3 is 12.1 Å². The Labute approximate surface area is 199 Å². The van der Waals surface area contributed by atoms with Crippen molar-refractivity contribution in [1.82, 2.24) is 9.80 Å². The van der Waals surface area contributed by atoms with Crippen molar-refractivity contribution in [2.75, 3.05) is 19.7 Å². The Morgan fingerprint density at radius 2 is 1.74 bits per heavy atom. The van der Waals surface area contributed by atoms with Crippen molar-refractivity contribution in [2.45, 2.75) is 31.5 Å². The molecule has 0 radical (unpaired) electrons. The number of carbonyl (C=O) groups excluding carboxylic acids is 3. The van der Waals surface area contributed by atoms with Crippen LogP contribution in [0.1, 0.15) is 24.0 Å². The standard InChI is InChI=1S/C25H23F3N2O5/c26-19-8-6-17(22(27)23(19)28)7-9-21(31)29-12-10-18(11-13-29)30-20(15-35-25(30)33)24(32)34-14-16-4-2-1-3-5-16/h1-9,18,20H,10-15H2/b9-7+/t20-/m0/s1. The quantitative estimate of drug-likeness (QED) is 0.352. The smallest absolute Gasteiger partial charge is 0.410 e. The molecule has 0 N–H and O–H groups in total. The van der Waals surface area contributed by atoms with Crippen LogP contribution in [-0.2, 0) is 25.7 Å². The molecule has 2 aliphatic rings. The first kappa shape index (κ1) is 24.3. The summed E-state index contributed by atoms with van der Waals surface area (Å²) in [6, 6.07) is 9.79. The van der Waals surface area contributed by atoms with Crippen LogP contribution in [0.25, 0.3) is 6.08 Å². The lowest BCUT2D eigenvalue weighted by atomic mass is 10.0. The highest BCUT2D eigenvalue weighted by atomic mass is 19.2. The SMILES string of the molecule is O=C(OCc1ccccc1)[C@@H]1COC(=O)N1C1CCN(C(=O)/C=C/c2ccc(F)c(F)c2F)CC1. The molecule has 7 nitrogen and oxygen atoms in total. The first-order valence-electron chi connectivity index (χ1n) is 11.1. The van der Waals surface area contributed by atoms with Crippen molar-refractivity contribution in [2.24, 2.45) is 0 Å². The summed E-state index contributed by atoms with van der Waals surface area (Å²) in [4.78, 5) is 40.3. The van der Waals surface area contributed by atoms with Gasteiger partial charge in [0.2, 0.25) is 5.91 Å². The van der Waals surface area contributed by atoms with Crippen LogP contribution in [0, 0.1) is 17.5 Å². The summed E-state index contributed by atoms with van der Waals surface area (Å²) in [5.74, 6) is -5.28. The van der Waals surface area contributed by atoms with Crippen molar-refractivity contribution >= 4 is 24.0 Å². The van der Waals surface area contributed by atoms with Gasteiger partial charge in [0.15, 0.2) is 23.5 Å². The van der Waals surface area contributed by atoms with Crippen LogP contribution in [0.5, 0.6) is 0 Å². The summed E-state index contributed by atoms with van der Waals surface area (Å²) in [7, 11) is 0. The summed E-state index contributed by atoms with van der Waals surface area (Å²) >= 11 is 0. The van der Waals surface area contributed by atoms with Crippen LogP contribution in [0.15, 0.2) is 48.5 Å². The van der Waals surface area contributed by atoms with E-state index in [-0.39, 0.29) is 37.9 Å². The number of hydrogen-bond acceptors (Lipinski definition) is 5. The average Bonchev–Trinajstić information content (AvgIpc) is 3.27. The van der Waals surface area contributed by atoms with Gasteiger partial charge in [0.05, 0.1) is 0 Å². The van der Waals surface area contributed by atoms with E-state index >= 15 is 0 Å². The van der Waals surface area contributed by atoms with E-state index in [4.69, 9.17) is 9.47 Å². The zero-order chi connectivity index (χ0) is 24.9. The number of likely N-dealkylation sites (tertiary alicyclic amines) is 1. The maximum atomic E-state index is 13.8. The predicted molar refractivity (Wildman–Crippen MR) is 118 cm³/mol. The molecule has 10 heteroatoms. The fourth-order valence-electron chi connectivity index (χ4n) is 4.14. The van der Waals surface area contributed by atoms with E-state index in [2.05, 4.69) is 0 Å². The summed E-state index contributed by atoms with van der Waals surface area (Å²) in [5.41, 5.74) is 0.574. The number of nitrogens with zero attached hydrogens (tertiary/aromatic N) is 2. The number of halogens is 3. The minimum atomic E-state index is -1.60. The highest BCUT2D eigenvalue weighted by Crippen LogP contribution is 2.25. The molecule has 2 amide bonds. The number of rotatable bonds is 6. The number of hydrogen-bond donors (Lipinski definition) is 0. The largest absolute Gasteiger partial charge is 0.459 e. The van der Waals surface area contributed by atoms with Gasteiger partial charge < -0.3 is 14.4 Å². The number of ether oxygens (including phenoxy) is 2. The molecular weight excluding hydrogens is 465 g/mol. The van der Waals surface area contributed by atoms with Crippen molar-refractivity contribution in [3.8, 4) is 0 Å². The molecular formula is C25H23F3N2O5. The van der Waals surface area contributed by atoms with Gasteiger partial charge in [0.25, 0.3) is 0 Å². The molecule has 35 heavy (non-hydrogen) atoms. The third-order valence-electron chi connectivity index (χ3n) is 6.05. The van der Waals surface area contributed by atoms with Crippen molar-refractivity contribution in [3.63, 3.8) is 0 Å². The van der Waals surface area contributed by atoms with E-state index in [1.54, 1.807) is 0 Å². The molecule has 4 rings (SSSR count). The molecule has 0 aliphatic carbocycles. The second-order valence-corrected chi connectivity index (χ2v) is 8.25. The summed E-state index contributed by atoms with van der Waals surface area (Å²) < 4.78 is 50.7. The summed E-state index contributed by atoms with van der Waals surface area (Å²) in [6.07, 6.45) is 2.37. The topological polar surface area (TPSA) is 76.2 Å². The van der Waals surface area contributed by atoms with Crippen LogP contribution in [0.4, 0.5) is 18.0 Å². The number of cyclic esters (lactones) is 1. The Morgan fingerprint density at radius 3 is 2.46 bits per heavy atom. The zero-order valence-electron chi connectivity index (χ0n) is 18.7. The van der Waals surface area contributed by atoms with Crippen LogP contribution in [0.3, 0.4) is 0 Å². The van der Waals surface area contributed by atoms with Gasteiger partial charge in [-0.25, -0.2) is 22.8 Å². The van der Waals surface area contributed by atoms with E-state index in [1.807, 2.05) is 30.3 Å². The highest BCUT2D eigenvalue weighted by Gasteiger charge is 2.44. The average molecular weight is 488 g/mol. The first-order chi connectivity index (χ1) is 16.8. The van der Waals surface area contributed by atoms with Gasteiger partial charge in [-0.1, -0.05) is 30.3 Å². The minimum absolute atomic E-state index is 0.0794. The molecule has 184 valence electrons. The van der Waals surface area contributed by atoms with E-state index < -0.39 is 41.5 Å². The predicted octanol–water partition coefficient (Wildman–Crippen LogP) is 3.67. The van der Waals surface area contributed by atoms with Crippen LogP contribution in [0.2, 0.25) is 0 Å². The molecule has 2 aromatic rings. The van der Waals surface area contributed by atoms with Crippen LogP contribution < -0.4 is 0 Å². The Morgan fingerprint density at radius 1 is 1.03 bits per heavy atom. The molecule has 0 unspecified atom stereocenters. The second kappa shape index (κ2) is 10.6. The maximum Gasteiger partial charge on any atom is 0.410 e. The lowest BCUT2D eigenvalue weighted by Gasteiger charge is -2.36. The Bertz CT molecular complexity index is 1130. The summed E-state index contributed by atoms with van der Waals surface area (Å²) in [5, 5.41) is 0. The third-order valence-corrected chi connectivity index (χ3v) is 6.05. The van der Waals surface area contributed by atoms with Crippen LogP contribution in [-0.4, -0.2) is 59.5 Å². The van der Waals surface area contributed by atoms with E-state index in [0.29, 0.717) is 12.8 Å². The number of piperidine rings is 1. The Hall–Kier alpha value is -3.82. The van der Waals surface area contributed by atoms with Crippen molar-refractivity contribution < 1.29 is 37.0 Å². The Kier molecular flexibility index (Phi) is 7.38. The normalized spacial score (nSPS) is 18.7. The fraction of sp³-hybridized carbons (Fsp3) is 0.320. The maximum absolute atomic E-state index is 13.8. The fourth-order valence-corrected chi connectivity index (χ4v) is 4.14. The van der Waals surface area contributed by atoms with Gasteiger partial charge in [0.1, 0.15) is 13.2 Å². The number of benzene rings is 2. The third kappa shape index (κ3) is 5.47. The molecule has 2 heterocycles. The second-order valence-electron chi connectivity index (χ2n) is 8.25. The molecule has 2 aromatic carbocycles. The van der Waals surface area contributed by atoms with Crippen molar-refractivity contribution in [3.05, 3.63) is 77.1 Å². The van der Waals surface area contributed by atoms with Gasteiger partial charge in [-0.05, 0) is 36.6 Å². The molecule has 0 aromatic heterocycles. The van der Waals surface area contributed by atoms with Gasteiger partial charge in [-0.2, -0.15) is 0 Å². The van der Waals surface area contributed by atoms with E-state index in [1.165, 1.54) is 9.80 Å². The monoisotopic (exact) mass is 488 g/mol. The van der Waals surface area contributed by atoms with Crippen LogP contribution >= 0.6 is 0 Å². The molecule has 1 atom stereocenters. The zero-order valence-corrected chi connectivity index (χ0v) is 18.7. The lowest BCUT2D eigenvalue weighted by Crippen LogP contribution is -2.51. The molecule has 0 saturated carbocycles. The van der Waals surface area contributed by atoms with E-state index in [9.17, 15) is 27.6 Å². The molecule has 2 saturated heterocycles. The Balaban J connectivity index is 1.32.